The van der Waals surface area contributed by atoms with Gasteiger partial charge in [-0.3, -0.25) is 0 Å². The van der Waals surface area contributed by atoms with Crippen molar-refractivity contribution in [1.29, 1.82) is 0 Å². The van der Waals surface area contributed by atoms with E-state index in [1.165, 1.54) is 4.88 Å². The van der Waals surface area contributed by atoms with Crippen molar-refractivity contribution in [3.05, 3.63) is 55.7 Å². The molecule has 1 heterocycles. The van der Waals surface area contributed by atoms with Gasteiger partial charge in [0.05, 0.1) is 6.54 Å². The second-order valence-corrected chi connectivity index (χ2v) is 6.81. The number of benzene rings is 1. The lowest BCUT2D eigenvalue weighted by Crippen LogP contribution is -2.16. The Kier molecular flexibility index (Phi) is 5.45. The van der Waals surface area contributed by atoms with E-state index in [1.54, 1.807) is 29.5 Å². The van der Waals surface area contributed by atoms with Gasteiger partial charge in [-0.15, -0.1) is 11.3 Å². The molecule has 110 valence electrons. The molecule has 0 aliphatic carbocycles. The number of carboxylic acid groups (broad SMARTS) is 1. The maximum absolute atomic E-state index is 10.7. The maximum atomic E-state index is 10.7. The largest absolute Gasteiger partial charge is 0.478 e. The van der Waals surface area contributed by atoms with Crippen molar-refractivity contribution in [2.45, 2.75) is 6.54 Å². The molecule has 0 saturated carbocycles. The summed E-state index contributed by atoms with van der Waals surface area (Å²) in [4.78, 5) is 14.0. The molecule has 0 bridgehead atoms. The third-order valence-electron chi connectivity index (χ3n) is 2.82. The maximum Gasteiger partial charge on any atom is 0.328 e. The van der Waals surface area contributed by atoms with Gasteiger partial charge >= 0.3 is 5.97 Å². The highest BCUT2D eigenvalue weighted by Gasteiger charge is 2.09. The van der Waals surface area contributed by atoms with Crippen molar-refractivity contribution in [2.75, 3.05) is 11.9 Å². The highest BCUT2D eigenvalue weighted by atomic mass is 79.9. The SMILES string of the molecule is CN(Cc1cc(Br)cs1)c1ccc(Cl)cc1/C=C/C(=O)O. The van der Waals surface area contributed by atoms with E-state index < -0.39 is 5.97 Å². The summed E-state index contributed by atoms with van der Waals surface area (Å²) in [5, 5.41) is 11.4. The zero-order valence-electron chi connectivity index (χ0n) is 11.2. The predicted molar refractivity (Wildman–Crippen MR) is 92.2 cm³/mol. The molecular weight excluding hydrogens is 374 g/mol. The first-order valence-electron chi connectivity index (χ1n) is 6.10. The van der Waals surface area contributed by atoms with E-state index in [0.717, 1.165) is 28.3 Å². The molecule has 0 saturated heterocycles. The van der Waals surface area contributed by atoms with Gasteiger partial charge in [-0.25, -0.2) is 4.79 Å². The van der Waals surface area contributed by atoms with E-state index in [-0.39, 0.29) is 0 Å². The van der Waals surface area contributed by atoms with Crippen LogP contribution in [0.4, 0.5) is 5.69 Å². The molecule has 0 radical (unpaired) electrons. The van der Waals surface area contributed by atoms with Crippen LogP contribution in [-0.2, 0) is 11.3 Å². The van der Waals surface area contributed by atoms with Crippen LogP contribution in [0.15, 0.2) is 40.2 Å². The first-order valence-corrected chi connectivity index (χ1v) is 8.15. The van der Waals surface area contributed by atoms with Crippen LogP contribution in [0.25, 0.3) is 6.08 Å². The lowest BCUT2D eigenvalue weighted by Gasteiger charge is -2.21. The normalized spacial score (nSPS) is 11.0. The number of anilines is 1. The number of aliphatic carboxylic acids is 1. The zero-order valence-corrected chi connectivity index (χ0v) is 14.4. The van der Waals surface area contributed by atoms with E-state index >= 15 is 0 Å². The molecule has 0 amide bonds. The predicted octanol–water partition coefficient (Wildman–Crippen LogP) is 4.90. The fourth-order valence-corrected chi connectivity index (χ4v) is 3.61. The highest BCUT2D eigenvalue weighted by Crippen LogP contribution is 2.28. The van der Waals surface area contributed by atoms with E-state index in [0.29, 0.717) is 5.02 Å². The number of hydrogen-bond donors (Lipinski definition) is 1. The average Bonchev–Trinajstić information content (AvgIpc) is 2.81. The molecule has 0 unspecified atom stereocenters. The Hall–Kier alpha value is -1.30. The summed E-state index contributed by atoms with van der Waals surface area (Å²) in [5.41, 5.74) is 1.71. The van der Waals surface area contributed by atoms with Crippen molar-refractivity contribution in [3.63, 3.8) is 0 Å². The van der Waals surface area contributed by atoms with Crippen LogP contribution in [0, 0.1) is 0 Å². The Balaban J connectivity index is 2.27. The molecule has 3 nitrogen and oxygen atoms in total. The number of carboxylic acids is 1. The Morgan fingerprint density at radius 3 is 2.86 bits per heavy atom. The number of thiophene rings is 1. The quantitative estimate of drug-likeness (QED) is 0.743. The van der Waals surface area contributed by atoms with E-state index in [9.17, 15) is 4.79 Å². The van der Waals surface area contributed by atoms with Gasteiger partial charge in [-0.1, -0.05) is 11.6 Å². The minimum absolute atomic E-state index is 0.580. The van der Waals surface area contributed by atoms with E-state index in [2.05, 4.69) is 26.9 Å². The first-order chi connectivity index (χ1) is 9.95. The number of rotatable bonds is 5. The van der Waals surface area contributed by atoms with Crippen molar-refractivity contribution < 1.29 is 9.90 Å². The van der Waals surface area contributed by atoms with Crippen LogP contribution in [-0.4, -0.2) is 18.1 Å². The molecule has 21 heavy (non-hydrogen) atoms. The van der Waals surface area contributed by atoms with Gasteiger partial charge in [0.15, 0.2) is 0 Å². The van der Waals surface area contributed by atoms with Gasteiger partial charge in [-0.2, -0.15) is 0 Å². The first kappa shape index (κ1) is 16.1. The minimum atomic E-state index is -0.981. The lowest BCUT2D eigenvalue weighted by molar-refractivity contribution is -0.131. The van der Waals surface area contributed by atoms with Gasteiger partial charge in [0.25, 0.3) is 0 Å². The van der Waals surface area contributed by atoms with Crippen molar-refractivity contribution in [1.82, 2.24) is 0 Å². The summed E-state index contributed by atoms with van der Waals surface area (Å²) in [6.07, 6.45) is 2.68. The standard InChI is InChI=1S/C15H13BrClNO2S/c1-18(8-13-7-11(16)9-21-13)14-4-3-12(17)6-10(14)2-5-15(19)20/h2-7,9H,8H2,1H3,(H,19,20)/b5-2+. The molecule has 0 aliphatic heterocycles. The second kappa shape index (κ2) is 7.11. The topological polar surface area (TPSA) is 40.5 Å². The molecule has 0 spiro atoms. The molecule has 6 heteroatoms. The molecule has 2 rings (SSSR count). The third kappa shape index (κ3) is 4.59. The summed E-state index contributed by atoms with van der Waals surface area (Å²) in [7, 11) is 1.97. The van der Waals surface area contributed by atoms with Gasteiger partial charge < -0.3 is 10.0 Å². The van der Waals surface area contributed by atoms with Crippen molar-refractivity contribution >= 4 is 56.6 Å². The highest BCUT2D eigenvalue weighted by molar-refractivity contribution is 9.10. The van der Waals surface area contributed by atoms with Gasteiger partial charge in [-0.05, 0) is 51.8 Å². The molecule has 1 N–H and O–H groups in total. The molecule has 0 atom stereocenters. The molecule has 0 fully saturated rings. The summed E-state index contributed by atoms with van der Waals surface area (Å²) in [6.45, 7) is 0.742. The Morgan fingerprint density at radius 2 is 2.24 bits per heavy atom. The van der Waals surface area contributed by atoms with Crippen LogP contribution in [0.1, 0.15) is 10.4 Å². The van der Waals surface area contributed by atoms with Gasteiger partial charge in [0.1, 0.15) is 0 Å². The summed E-state index contributed by atoms with van der Waals surface area (Å²) in [6, 6.07) is 7.53. The fraction of sp³-hybridized carbons (Fsp3) is 0.133. The van der Waals surface area contributed by atoms with Gasteiger partial charge in [0, 0.05) is 38.6 Å². The van der Waals surface area contributed by atoms with Crippen LogP contribution in [0.2, 0.25) is 5.02 Å². The molecule has 2 aromatic rings. The van der Waals surface area contributed by atoms with Crippen molar-refractivity contribution in [3.8, 4) is 0 Å². The van der Waals surface area contributed by atoms with Crippen LogP contribution in [0.3, 0.4) is 0 Å². The van der Waals surface area contributed by atoms with Crippen LogP contribution < -0.4 is 4.90 Å². The summed E-state index contributed by atoms with van der Waals surface area (Å²) < 4.78 is 1.07. The Bertz CT molecular complexity index is 684. The van der Waals surface area contributed by atoms with E-state index in [4.69, 9.17) is 16.7 Å². The molecule has 0 aliphatic rings. The minimum Gasteiger partial charge on any atom is -0.478 e. The third-order valence-corrected chi connectivity index (χ3v) is 4.74. The van der Waals surface area contributed by atoms with Crippen molar-refractivity contribution in [2.24, 2.45) is 0 Å². The second-order valence-electron chi connectivity index (χ2n) is 4.46. The number of nitrogens with zero attached hydrogens (tertiary/aromatic N) is 1. The molecule has 1 aromatic heterocycles. The Labute approximate surface area is 140 Å². The smallest absolute Gasteiger partial charge is 0.328 e. The average molecular weight is 387 g/mol. The zero-order chi connectivity index (χ0) is 15.4. The van der Waals surface area contributed by atoms with Crippen LogP contribution >= 0.6 is 38.9 Å². The monoisotopic (exact) mass is 385 g/mol. The Morgan fingerprint density at radius 1 is 1.48 bits per heavy atom. The number of hydrogen-bond acceptors (Lipinski definition) is 3. The fourth-order valence-electron chi connectivity index (χ4n) is 1.92. The van der Waals surface area contributed by atoms with E-state index in [1.807, 2.05) is 18.5 Å². The number of halogens is 2. The van der Waals surface area contributed by atoms with Gasteiger partial charge in [0.2, 0.25) is 0 Å². The summed E-state index contributed by atoms with van der Waals surface area (Å²) in [5.74, 6) is -0.981. The summed E-state index contributed by atoms with van der Waals surface area (Å²) >= 11 is 11.1. The molecule has 1 aromatic carbocycles. The molecular formula is C15H13BrClNO2S. The number of carbonyl (C=O) groups is 1. The van der Waals surface area contributed by atoms with Crippen LogP contribution in [0.5, 0.6) is 0 Å². The lowest BCUT2D eigenvalue weighted by atomic mass is 10.1.